The Balaban J connectivity index is 4.88. The van der Waals surface area contributed by atoms with Gasteiger partial charge in [-0.2, -0.15) is 13.2 Å². The Morgan fingerprint density at radius 3 is 2.28 bits per heavy atom. The number of amides is 1. The molecule has 2 unspecified atom stereocenters. The molecule has 0 saturated carbocycles. The largest absolute Gasteiger partial charge is 0.480 e. The lowest BCUT2D eigenvalue weighted by Gasteiger charge is -2.31. The number of carbonyl (C=O) groups is 2. The number of alkyl halides is 3. The average molecular weight is 266 g/mol. The van der Waals surface area contributed by atoms with Gasteiger partial charge in [-0.15, -0.1) is 6.42 Å². The number of rotatable bonds is 5. The number of nitrogens with one attached hydrogen (secondary N) is 2. The van der Waals surface area contributed by atoms with Crippen LogP contribution in [0.3, 0.4) is 0 Å². The Hall–Kier alpha value is -1.75. The first kappa shape index (κ1) is 16.2. The SMILES string of the molecule is C#CCNC(=O)C(C)NC(C)(C(=O)O)C(F)(F)F. The van der Waals surface area contributed by atoms with Crippen LogP contribution in [0.2, 0.25) is 0 Å². The number of carboxylic acid groups (broad SMARTS) is 1. The summed E-state index contributed by atoms with van der Waals surface area (Å²) in [6, 6.07) is -1.36. The van der Waals surface area contributed by atoms with Crippen LogP contribution in [0, 0.1) is 12.3 Å². The van der Waals surface area contributed by atoms with Gasteiger partial charge in [0.25, 0.3) is 0 Å². The number of hydrogen-bond acceptors (Lipinski definition) is 3. The summed E-state index contributed by atoms with van der Waals surface area (Å²) in [6.45, 7) is 1.40. The monoisotopic (exact) mass is 266 g/mol. The predicted octanol–water partition coefficient (Wildman–Crippen LogP) is 0.119. The minimum absolute atomic E-state index is 0.152. The van der Waals surface area contributed by atoms with Crippen molar-refractivity contribution in [2.75, 3.05) is 6.54 Å². The molecular formula is C10H13F3N2O3. The van der Waals surface area contributed by atoms with Gasteiger partial charge >= 0.3 is 12.1 Å². The molecule has 3 N–H and O–H groups in total. The van der Waals surface area contributed by atoms with E-state index in [1.54, 1.807) is 5.32 Å². The van der Waals surface area contributed by atoms with Gasteiger partial charge in [0.05, 0.1) is 12.6 Å². The van der Waals surface area contributed by atoms with E-state index in [1.165, 1.54) is 0 Å². The van der Waals surface area contributed by atoms with Crippen molar-refractivity contribution in [1.29, 1.82) is 0 Å². The molecule has 0 aromatic heterocycles. The van der Waals surface area contributed by atoms with Gasteiger partial charge in [-0.05, 0) is 13.8 Å². The van der Waals surface area contributed by atoms with E-state index in [0.717, 1.165) is 6.92 Å². The summed E-state index contributed by atoms with van der Waals surface area (Å²) in [4.78, 5) is 22.0. The summed E-state index contributed by atoms with van der Waals surface area (Å²) >= 11 is 0. The molecule has 0 aliphatic carbocycles. The summed E-state index contributed by atoms with van der Waals surface area (Å²) in [5, 5.41) is 12.5. The third kappa shape index (κ3) is 3.63. The van der Waals surface area contributed by atoms with E-state index < -0.39 is 29.6 Å². The Kier molecular flexibility index (Phi) is 5.17. The number of carbonyl (C=O) groups excluding carboxylic acids is 1. The van der Waals surface area contributed by atoms with E-state index in [1.807, 2.05) is 0 Å². The average Bonchev–Trinajstić information content (AvgIpc) is 2.23. The molecule has 0 rings (SSSR count). The normalized spacial score (nSPS) is 16.2. The summed E-state index contributed by atoms with van der Waals surface area (Å²) in [5.74, 6) is -0.863. The Morgan fingerprint density at radius 2 is 1.94 bits per heavy atom. The minimum Gasteiger partial charge on any atom is -0.480 e. The molecule has 0 bridgehead atoms. The highest BCUT2D eigenvalue weighted by molar-refractivity contribution is 5.84. The lowest BCUT2D eigenvalue weighted by Crippen LogP contribution is -2.64. The van der Waals surface area contributed by atoms with Crippen LogP contribution in [0.5, 0.6) is 0 Å². The predicted molar refractivity (Wildman–Crippen MR) is 56.5 cm³/mol. The van der Waals surface area contributed by atoms with Gasteiger partial charge in [0, 0.05) is 0 Å². The first-order valence-electron chi connectivity index (χ1n) is 4.85. The van der Waals surface area contributed by atoms with E-state index in [9.17, 15) is 22.8 Å². The summed E-state index contributed by atoms with van der Waals surface area (Å²) in [7, 11) is 0. The van der Waals surface area contributed by atoms with Gasteiger partial charge < -0.3 is 10.4 Å². The van der Waals surface area contributed by atoms with E-state index in [0.29, 0.717) is 6.92 Å². The molecule has 0 fully saturated rings. The third-order valence-corrected chi connectivity index (χ3v) is 2.26. The van der Waals surface area contributed by atoms with E-state index >= 15 is 0 Å². The van der Waals surface area contributed by atoms with Gasteiger partial charge in [0.1, 0.15) is 0 Å². The van der Waals surface area contributed by atoms with Crippen LogP contribution in [0.4, 0.5) is 13.2 Å². The molecule has 8 heteroatoms. The maximum atomic E-state index is 12.6. The number of terminal acetylenes is 1. The molecule has 0 aliphatic rings. The van der Waals surface area contributed by atoms with E-state index in [-0.39, 0.29) is 6.54 Å². The summed E-state index contributed by atoms with van der Waals surface area (Å²) < 4.78 is 37.9. The number of aliphatic carboxylic acids is 1. The standard InChI is InChI=1S/C10H13F3N2O3/c1-4-5-14-7(16)6(2)15-9(3,8(17)18)10(11,12)13/h1,6,15H,5H2,2-3H3,(H,14,16)(H,17,18). The van der Waals surface area contributed by atoms with Crippen LogP contribution in [0.15, 0.2) is 0 Å². The van der Waals surface area contributed by atoms with Gasteiger partial charge in [-0.25, -0.2) is 4.79 Å². The maximum absolute atomic E-state index is 12.6. The number of hydrogen-bond donors (Lipinski definition) is 3. The highest BCUT2D eigenvalue weighted by atomic mass is 19.4. The molecule has 2 atom stereocenters. The van der Waals surface area contributed by atoms with E-state index in [4.69, 9.17) is 11.5 Å². The number of carboxylic acids is 1. The molecule has 0 radical (unpaired) electrons. The van der Waals surface area contributed by atoms with Crippen molar-refractivity contribution in [2.24, 2.45) is 0 Å². The number of halogens is 3. The second-order valence-electron chi connectivity index (χ2n) is 3.72. The summed E-state index contributed by atoms with van der Waals surface area (Å²) in [6.07, 6.45) is -0.180. The third-order valence-electron chi connectivity index (χ3n) is 2.26. The van der Waals surface area contributed by atoms with Crippen molar-refractivity contribution in [3.63, 3.8) is 0 Å². The smallest absolute Gasteiger partial charge is 0.417 e. The molecule has 0 spiro atoms. The zero-order valence-electron chi connectivity index (χ0n) is 9.76. The highest BCUT2D eigenvalue weighted by Crippen LogP contribution is 2.30. The molecule has 0 aliphatic heterocycles. The van der Waals surface area contributed by atoms with Crippen molar-refractivity contribution < 1.29 is 27.9 Å². The highest BCUT2D eigenvalue weighted by Gasteiger charge is 2.58. The quantitative estimate of drug-likeness (QED) is 0.618. The molecule has 1 amide bonds. The van der Waals surface area contributed by atoms with Gasteiger partial charge in [-0.3, -0.25) is 10.1 Å². The van der Waals surface area contributed by atoms with Crippen molar-refractivity contribution in [3.8, 4) is 12.3 Å². The molecule has 0 heterocycles. The first-order chi connectivity index (χ1) is 8.06. The topological polar surface area (TPSA) is 78.4 Å². The van der Waals surface area contributed by atoms with Crippen LogP contribution in [-0.2, 0) is 9.59 Å². The zero-order chi connectivity index (χ0) is 14.6. The van der Waals surface area contributed by atoms with Crippen molar-refractivity contribution >= 4 is 11.9 Å². The molecule has 0 aromatic carbocycles. The zero-order valence-corrected chi connectivity index (χ0v) is 9.76. The fourth-order valence-electron chi connectivity index (χ4n) is 1.05. The Bertz CT molecular complexity index is 376. The molecule has 5 nitrogen and oxygen atoms in total. The first-order valence-corrected chi connectivity index (χ1v) is 4.85. The second kappa shape index (κ2) is 5.73. The fourth-order valence-corrected chi connectivity index (χ4v) is 1.05. The summed E-state index contributed by atoms with van der Waals surface area (Å²) in [5.41, 5.74) is -3.21. The van der Waals surface area contributed by atoms with Gasteiger partial charge in [0.2, 0.25) is 11.4 Å². The minimum atomic E-state index is -5.04. The Labute approximate surface area is 102 Å². The van der Waals surface area contributed by atoms with Gasteiger partial charge in [-0.1, -0.05) is 5.92 Å². The Morgan fingerprint density at radius 1 is 1.44 bits per heavy atom. The van der Waals surface area contributed by atoms with Crippen LogP contribution in [-0.4, -0.2) is 41.3 Å². The molecule has 0 aromatic rings. The van der Waals surface area contributed by atoms with Gasteiger partial charge in [0.15, 0.2) is 0 Å². The molecule has 18 heavy (non-hydrogen) atoms. The van der Waals surface area contributed by atoms with Crippen LogP contribution in [0.25, 0.3) is 0 Å². The van der Waals surface area contributed by atoms with Crippen molar-refractivity contribution in [2.45, 2.75) is 31.6 Å². The fraction of sp³-hybridized carbons (Fsp3) is 0.600. The van der Waals surface area contributed by atoms with E-state index in [2.05, 4.69) is 11.2 Å². The molecular weight excluding hydrogens is 253 g/mol. The molecule has 0 saturated heterocycles. The maximum Gasteiger partial charge on any atom is 0.417 e. The lowest BCUT2D eigenvalue weighted by atomic mass is 10.0. The second-order valence-corrected chi connectivity index (χ2v) is 3.72. The molecule has 102 valence electrons. The van der Waals surface area contributed by atoms with Crippen LogP contribution >= 0.6 is 0 Å². The van der Waals surface area contributed by atoms with Crippen molar-refractivity contribution in [3.05, 3.63) is 0 Å². The van der Waals surface area contributed by atoms with Crippen molar-refractivity contribution in [1.82, 2.24) is 10.6 Å². The lowest BCUT2D eigenvalue weighted by molar-refractivity contribution is -0.207. The van der Waals surface area contributed by atoms with Crippen LogP contribution < -0.4 is 10.6 Å². The van der Waals surface area contributed by atoms with Crippen LogP contribution in [0.1, 0.15) is 13.8 Å².